The van der Waals surface area contributed by atoms with Gasteiger partial charge in [-0.15, -0.1) is 0 Å². The van der Waals surface area contributed by atoms with Gasteiger partial charge < -0.3 is 4.74 Å². The predicted molar refractivity (Wildman–Crippen MR) is 63.4 cm³/mol. The van der Waals surface area contributed by atoms with Gasteiger partial charge in [-0.05, 0) is 40.2 Å². The van der Waals surface area contributed by atoms with Gasteiger partial charge in [-0.1, -0.05) is 11.6 Å². The minimum absolute atomic E-state index is 0.237. The van der Waals surface area contributed by atoms with Crippen LogP contribution in [0.25, 0.3) is 0 Å². The molecule has 0 fully saturated rings. The molecular formula is C11H6BrClFNO. The summed E-state index contributed by atoms with van der Waals surface area (Å²) >= 11 is 9.14. The van der Waals surface area contributed by atoms with Crippen LogP contribution in [0.2, 0.25) is 5.02 Å². The van der Waals surface area contributed by atoms with Crippen molar-refractivity contribution in [2.45, 2.75) is 0 Å². The van der Waals surface area contributed by atoms with E-state index in [0.29, 0.717) is 15.4 Å². The highest BCUT2D eigenvalue weighted by Crippen LogP contribution is 2.32. The summed E-state index contributed by atoms with van der Waals surface area (Å²) in [5, 5.41) is 0.332. The van der Waals surface area contributed by atoms with E-state index in [2.05, 4.69) is 20.9 Å². The molecule has 5 heteroatoms. The van der Waals surface area contributed by atoms with Crippen LogP contribution in [0.15, 0.2) is 41.0 Å². The number of ether oxygens (including phenoxy) is 1. The second kappa shape index (κ2) is 4.80. The summed E-state index contributed by atoms with van der Waals surface area (Å²) in [4.78, 5) is 3.99. The molecule has 0 saturated carbocycles. The fourth-order valence-corrected chi connectivity index (χ4v) is 1.60. The average Bonchev–Trinajstić information content (AvgIpc) is 2.27. The largest absolute Gasteiger partial charge is 0.436 e. The van der Waals surface area contributed by atoms with E-state index in [1.54, 1.807) is 18.3 Å². The van der Waals surface area contributed by atoms with Crippen LogP contribution in [0.1, 0.15) is 0 Å². The summed E-state index contributed by atoms with van der Waals surface area (Å²) < 4.78 is 19.0. The van der Waals surface area contributed by atoms with Gasteiger partial charge in [0.05, 0.1) is 9.50 Å². The lowest BCUT2D eigenvalue weighted by atomic mass is 10.3. The fraction of sp³-hybridized carbons (Fsp3) is 0. The number of nitrogens with zero attached hydrogens (tertiary/aromatic N) is 1. The van der Waals surface area contributed by atoms with Crippen molar-refractivity contribution < 1.29 is 9.13 Å². The van der Waals surface area contributed by atoms with Crippen molar-refractivity contribution in [2.75, 3.05) is 0 Å². The molecule has 0 spiro atoms. The van der Waals surface area contributed by atoms with Crippen molar-refractivity contribution in [3.63, 3.8) is 0 Å². The lowest BCUT2D eigenvalue weighted by Gasteiger charge is -2.07. The van der Waals surface area contributed by atoms with Crippen molar-refractivity contribution in [1.29, 1.82) is 0 Å². The fourth-order valence-electron chi connectivity index (χ4n) is 1.11. The van der Waals surface area contributed by atoms with Crippen LogP contribution in [0, 0.1) is 5.82 Å². The zero-order valence-electron chi connectivity index (χ0n) is 7.95. The van der Waals surface area contributed by atoms with Gasteiger partial charge in [-0.3, -0.25) is 0 Å². The molecule has 2 aromatic rings. The number of pyridine rings is 1. The molecule has 0 unspecified atom stereocenters. The topological polar surface area (TPSA) is 22.1 Å². The molecule has 0 N–H and O–H groups in total. The highest BCUT2D eigenvalue weighted by Gasteiger charge is 2.07. The van der Waals surface area contributed by atoms with Crippen LogP contribution in [0.3, 0.4) is 0 Å². The highest BCUT2D eigenvalue weighted by atomic mass is 79.9. The van der Waals surface area contributed by atoms with Gasteiger partial charge in [-0.25, -0.2) is 9.37 Å². The Balaban J connectivity index is 2.34. The Hall–Kier alpha value is -1.13. The van der Waals surface area contributed by atoms with Crippen molar-refractivity contribution in [2.24, 2.45) is 0 Å². The van der Waals surface area contributed by atoms with Crippen LogP contribution in [-0.4, -0.2) is 4.98 Å². The first-order chi connectivity index (χ1) is 7.66. The molecule has 0 aliphatic rings. The van der Waals surface area contributed by atoms with E-state index in [4.69, 9.17) is 16.3 Å². The quantitative estimate of drug-likeness (QED) is 0.819. The van der Waals surface area contributed by atoms with Gasteiger partial charge in [0, 0.05) is 12.3 Å². The van der Waals surface area contributed by atoms with E-state index >= 15 is 0 Å². The Morgan fingerprint density at radius 3 is 2.88 bits per heavy atom. The summed E-state index contributed by atoms with van der Waals surface area (Å²) in [5.41, 5.74) is 0. The molecule has 1 aromatic carbocycles. The maximum Gasteiger partial charge on any atom is 0.233 e. The first-order valence-electron chi connectivity index (χ1n) is 4.40. The van der Waals surface area contributed by atoms with Crippen molar-refractivity contribution in [1.82, 2.24) is 4.98 Å². The second-order valence-corrected chi connectivity index (χ2v) is 4.23. The molecule has 0 amide bonds. The van der Waals surface area contributed by atoms with Crippen LogP contribution in [0.5, 0.6) is 11.6 Å². The molecule has 16 heavy (non-hydrogen) atoms. The molecule has 2 rings (SSSR count). The second-order valence-electron chi connectivity index (χ2n) is 2.97. The van der Waals surface area contributed by atoms with E-state index in [1.807, 2.05) is 0 Å². The zero-order chi connectivity index (χ0) is 11.5. The van der Waals surface area contributed by atoms with Crippen LogP contribution in [-0.2, 0) is 0 Å². The van der Waals surface area contributed by atoms with E-state index in [-0.39, 0.29) is 5.75 Å². The smallest absolute Gasteiger partial charge is 0.233 e. The Morgan fingerprint density at radius 1 is 1.31 bits per heavy atom. The van der Waals surface area contributed by atoms with Gasteiger partial charge >= 0.3 is 0 Å². The van der Waals surface area contributed by atoms with E-state index in [0.717, 1.165) is 0 Å². The standard InChI is InChI=1S/C11H6BrClFNO/c12-8-2-1-5-15-11(8)16-10-6-7(14)3-4-9(10)13/h1-6H. The Kier molecular flexibility index (Phi) is 3.41. The van der Waals surface area contributed by atoms with Crippen LogP contribution >= 0.6 is 27.5 Å². The number of rotatable bonds is 2. The highest BCUT2D eigenvalue weighted by molar-refractivity contribution is 9.10. The molecule has 0 atom stereocenters. The molecule has 0 aliphatic heterocycles. The summed E-state index contributed by atoms with van der Waals surface area (Å²) in [6.45, 7) is 0. The van der Waals surface area contributed by atoms with Crippen molar-refractivity contribution in [3.8, 4) is 11.6 Å². The van der Waals surface area contributed by atoms with E-state index in [9.17, 15) is 4.39 Å². The third kappa shape index (κ3) is 2.51. The molecule has 1 aromatic heterocycles. The summed E-state index contributed by atoms with van der Waals surface area (Å²) in [5.74, 6) is 0.169. The maximum absolute atomic E-state index is 13.0. The molecular weight excluding hydrogens is 296 g/mol. The van der Waals surface area contributed by atoms with Crippen molar-refractivity contribution >= 4 is 27.5 Å². The van der Waals surface area contributed by atoms with Gasteiger partial charge in [0.15, 0.2) is 5.75 Å². The molecule has 1 heterocycles. The van der Waals surface area contributed by atoms with Gasteiger partial charge in [0.25, 0.3) is 0 Å². The number of hydrogen-bond acceptors (Lipinski definition) is 2. The molecule has 2 nitrogen and oxygen atoms in total. The lowest BCUT2D eigenvalue weighted by molar-refractivity contribution is 0.455. The summed E-state index contributed by atoms with van der Waals surface area (Å²) in [6, 6.07) is 7.44. The Morgan fingerprint density at radius 2 is 2.12 bits per heavy atom. The number of aromatic nitrogens is 1. The Bertz CT molecular complexity index is 521. The molecule has 0 radical (unpaired) electrons. The summed E-state index contributed by atoms with van der Waals surface area (Å²) in [7, 11) is 0. The maximum atomic E-state index is 13.0. The number of halogens is 3. The van der Waals surface area contributed by atoms with Gasteiger partial charge in [0.2, 0.25) is 5.88 Å². The third-order valence-corrected chi connectivity index (χ3v) is 2.74. The van der Waals surface area contributed by atoms with Gasteiger partial charge in [-0.2, -0.15) is 0 Å². The van der Waals surface area contributed by atoms with Crippen LogP contribution < -0.4 is 4.74 Å². The zero-order valence-corrected chi connectivity index (χ0v) is 10.3. The van der Waals surface area contributed by atoms with Crippen LogP contribution in [0.4, 0.5) is 4.39 Å². The number of benzene rings is 1. The molecule has 0 aliphatic carbocycles. The summed E-state index contributed by atoms with van der Waals surface area (Å²) in [6.07, 6.45) is 1.58. The first kappa shape index (κ1) is 11.4. The number of hydrogen-bond donors (Lipinski definition) is 0. The van der Waals surface area contributed by atoms with Crippen molar-refractivity contribution in [3.05, 3.63) is 51.8 Å². The normalized spacial score (nSPS) is 10.2. The minimum Gasteiger partial charge on any atom is -0.436 e. The molecule has 0 bridgehead atoms. The van der Waals surface area contributed by atoms with E-state index in [1.165, 1.54) is 18.2 Å². The Labute approximate surface area is 105 Å². The predicted octanol–water partition coefficient (Wildman–Crippen LogP) is 4.43. The van der Waals surface area contributed by atoms with Gasteiger partial charge in [0.1, 0.15) is 5.82 Å². The molecule has 82 valence electrons. The molecule has 0 saturated heterocycles. The minimum atomic E-state index is -0.411. The SMILES string of the molecule is Fc1ccc(Cl)c(Oc2ncccc2Br)c1. The first-order valence-corrected chi connectivity index (χ1v) is 5.57. The lowest BCUT2D eigenvalue weighted by Crippen LogP contribution is -1.90. The average molecular weight is 303 g/mol. The monoisotopic (exact) mass is 301 g/mol. The third-order valence-electron chi connectivity index (χ3n) is 1.82. The van der Waals surface area contributed by atoms with E-state index < -0.39 is 5.82 Å².